The number of hydrogen-bond donors (Lipinski definition) is 1. The zero-order valence-electron chi connectivity index (χ0n) is 9.00. The fourth-order valence-corrected chi connectivity index (χ4v) is 2.64. The molecule has 0 aliphatic rings. The van der Waals surface area contributed by atoms with Crippen LogP contribution in [0, 0.1) is 0 Å². The van der Waals surface area contributed by atoms with Gasteiger partial charge in [-0.05, 0) is 18.2 Å². The maximum Gasteiger partial charge on any atom is 0.143 e. The molecular weight excluding hydrogens is 232 g/mol. The Bertz CT molecular complexity index is 630. The number of aromatic nitrogens is 2. The average Bonchev–Trinajstić information content (AvgIpc) is 2.74. The number of pyridine rings is 1. The molecule has 0 radical (unpaired) electrons. The molecular formula is C13H10N2OS. The molecule has 0 aliphatic heterocycles. The molecule has 0 saturated carbocycles. The van der Waals surface area contributed by atoms with Crippen LogP contribution < -0.4 is 0 Å². The number of hydrogen-bond acceptors (Lipinski definition) is 4. The largest absolute Gasteiger partial charge is 0.508 e. The normalized spacial score (nSPS) is 10.8. The van der Waals surface area contributed by atoms with E-state index in [1.165, 1.54) is 0 Å². The Hall–Kier alpha value is -1.94. The van der Waals surface area contributed by atoms with Crippen molar-refractivity contribution in [3.8, 4) is 5.75 Å². The smallest absolute Gasteiger partial charge is 0.143 e. The minimum Gasteiger partial charge on any atom is -0.508 e. The minimum atomic E-state index is 0.319. The molecule has 0 spiro atoms. The number of rotatable bonds is 2. The van der Waals surface area contributed by atoms with E-state index in [1.807, 2.05) is 30.3 Å². The van der Waals surface area contributed by atoms with Crippen LogP contribution in [0.2, 0.25) is 0 Å². The summed E-state index contributed by atoms with van der Waals surface area (Å²) in [4.78, 5) is 9.70. The molecule has 3 nitrogen and oxygen atoms in total. The molecule has 2 heterocycles. The molecule has 17 heavy (non-hydrogen) atoms. The van der Waals surface area contributed by atoms with Crippen LogP contribution in [-0.4, -0.2) is 15.1 Å². The summed E-state index contributed by atoms with van der Waals surface area (Å²) in [6, 6.07) is 11.2. The van der Waals surface area contributed by atoms with Crippen molar-refractivity contribution in [1.82, 2.24) is 9.97 Å². The summed E-state index contributed by atoms with van der Waals surface area (Å²) in [5.41, 5.74) is 1.81. The van der Waals surface area contributed by atoms with E-state index >= 15 is 0 Å². The summed E-state index contributed by atoms with van der Waals surface area (Å²) in [6.45, 7) is 0. The maximum absolute atomic E-state index is 9.71. The molecule has 84 valence electrons. The second-order valence-corrected chi connectivity index (χ2v) is 4.80. The van der Waals surface area contributed by atoms with Gasteiger partial charge in [0.25, 0.3) is 0 Å². The zero-order chi connectivity index (χ0) is 11.7. The van der Waals surface area contributed by atoms with Crippen molar-refractivity contribution >= 4 is 21.7 Å². The van der Waals surface area contributed by atoms with Crippen molar-refractivity contribution in [3.63, 3.8) is 0 Å². The molecule has 0 bridgehead atoms. The Morgan fingerprint density at radius 2 is 2.00 bits per heavy atom. The van der Waals surface area contributed by atoms with Gasteiger partial charge in [-0.3, -0.25) is 0 Å². The lowest BCUT2D eigenvalue weighted by Gasteiger charge is -2.00. The fraction of sp³-hybridized carbons (Fsp3) is 0.0769. The quantitative estimate of drug-likeness (QED) is 0.751. The van der Waals surface area contributed by atoms with Gasteiger partial charge in [0.2, 0.25) is 0 Å². The molecule has 0 aliphatic carbocycles. The predicted octanol–water partition coefficient (Wildman–Crippen LogP) is 2.99. The maximum atomic E-state index is 9.71. The highest BCUT2D eigenvalue weighted by Crippen LogP contribution is 2.25. The molecule has 0 unspecified atom stereocenters. The third kappa shape index (κ3) is 1.99. The molecule has 1 aromatic carbocycles. The van der Waals surface area contributed by atoms with E-state index in [0.717, 1.165) is 20.9 Å². The number of benzene rings is 1. The van der Waals surface area contributed by atoms with Crippen LogP contribution in [0.1, 0.15) is 10.6 Å². The highest BCUT2D eigenvalue weighted by molar-refractivity contribution is 7.18. The van der Waals surface area contributed by atoms with E-state index in [1.54, 1.807) is 23.6 Å². The zero-order valence-corrected chi connectivity index (χ0v) is 9.81. The predicted molar refractivity (Wildman–Crippen MR) is 68.3 cm³/mol. The fourth-order valence-electron chi connectivity index (χ4n) is 1.71. The van der Waals surface area contributed by atoms with Crippen LogP contribution >= 0.6 is 11.3 Å². The second-order valence-electron chi connectivity index (χ2n) is 3.74. The molecule has 2 aromatic heterocycles. The summed E-state index contributed by atoms with van der Waals surface area (Å²) < 4.78 is 0. The summed E-state index contributed by atoms with van der Waals surface area (Å²) in [7, 11) is 0. The average molecular weight is 242 g/mol. The number of fused-ring (bicyclic) bond motifs is 1. The van der Waals surface area contributed by atoms with Gasteiger partial charge in [0.15, 0.2) is 0 Å². The van der Waals surface area contributed by atoms with E-state index in [-0.39, 0.29) is 0 Å². The number of phenols is 1. The van der Waals surface area contributed by atoms with Crippen molar-refractivity contribution in [2.24, 2.45) is 0 Å². The van der Waals surface area contributed by atoms with Gasteiger partial charge in [0.05, 0.1) is 5.01 Å². The third-order valence-electron chi connectivity index (χ3n) is 2.54. The molecule has 4 heteroatoms. The molecule has 1 N–H and O–H groups in total. The van der Waals surface area contributed by atoms with Gasteiger partial charge in [0, 0.05) is 18.2 Å². The Kier molecular flexibility index (Phi) is 2.49. The molecule has 0 fully saturated rings. The van der Waals surface area contributed by atoms with E-state index in [4.69, 9.17) is 0 Å². The van der Waals surface area contributed by atoms with Gasteiger partial charge < -0.3 is 5.11 Å². The van der Waals surface area contributed by atoms with Crippen molar-refractivity contribution in [3.05, 3.63) is 53.2 Å². The Balaban J connectivity index is 1.98. The van der Waals surface area contributed by atoms with E-state index in [0.29, 0.717) is 12.2 Å². The Morgan fingerprint density at radius 1 is 1.12 bits per heavy atom. The summed E-state index contributed by atoms with van der Waals surface area (Å²) in [5, 5.41) is 10.7. The van der Waals surface area contributed by atoms with Crippen LogP contribution in [0.25, 0.3) is 10.3 Å². The van der Waals surface area contributed by atoms with Gasteiger partial charge in [-0.2, -0.15) is 0 Å². The Morgan fingerprint density at radius 3 is 2.82 bits per heavy atom. The molecule has 0 saturated heterocycles. The summed E-state index contributed by atoms with van der Waals surface area (Å²) in [5.74, 6) is 0.319. The monoisotopic (exact) mass is 242 g/mol. The van der Waals surface area contributed by atoms with Gasteiger partial charge >= 0.3 is 0 Å². The number of thiazole rings is 1. The van der Waals surface area contributed by atoms with Crippen molar-refractivity contribution < 1.29 is 5.11 Å². The number of phenolic OH excluding ortho intramolecular Hbond substituents is 1. The lowest BCUT2D eigenvalue weighted by molar-refractivity contribution is 0.469. The number of nitrogens with zero attached hydrogens (tertiary/aromatic N) is 2. The first-order valence-electron chi connectivity index (χ1n) is 5.30. The van der Waals surface area contributed by atoms with Crippen molar-refractivity contribution in [1.29, 1.82) is 0 Å². The standard InChI is InChI=1S/C13H10N2OS/c16-11-6-2-1-4-9(11)8-12-15-10-5-3-7-14-13(10)17-12/h1-7,16H,8H2. The van der Waals surface area contributed by atoms with E-state index in [9.17, 15) is 5.11 Å². The first kappa shape index (κ1) is 10.2. The van der Waals surface area contributed by atoms with Crippen LogP contribution in [0.5, 0.6) is 5.75 Å². The van der Waals surface area contributed by atoms with E-state index in [2.05, 4.69) is 9.97 Å². The SMILES string of the molecule is Oc1ccccc1Cc1nc2cccnc2s1. The first-order valence-corrected chi connectivity index (χ1v) is 6.12. The van der Waals surface area contributed by atoms with Gasteiger partial charge in [-0.1, -0.05) is 29.5 Å². The lowest BCUT2D eigenvalue weighted by Crippen LogP contribution is -1.86. The second kappa shape index (κ2) is 4.14. The molecule has 0 amide bonds. The lowest BCUT2D eigenvalue weighted by atomic mass is 10.1. The Labute approximate surface area is 102 Å². The molecule has 0 atom stereocenters. The number of para-hydroxylation sites is 1. The minimum absolute atomic E-state index is 0.319. The molecule has 3 aromatic rings. The summed E-state index contributed by atoms with van der Waals surface area (Å²) in [6.07, 6.45) is 2.41. The third-order valence-corrected chi connectivity index (χ3v) is 3.52. The van der Waals surface area contributed by atoms with Crippen molar-refractivity contribution in [2.45, 2.75) is 6.42 Å². The summed E-state index contributed by atoms with van der Waals surface area (Å²) >= 11 is 1.57. The van der Waals surface area contributed by atoms with E-state index < -0.39 is 0 Å². The number of aromatic hydroxyl groups is 1. The molecule has 3 rings (SSSR count). The van der Waals surface area contributed by atoms with Crippen LogP contribution in [-0.2, 0) is 6.42 Å². The van der Waals surface area contributed by atoms with Crippen molar-refractivity contribution in [2.75, 3.05) is 0 Å². The van der Waals surface area contributed by atoms with Gasteiger partial charge in [-0.25, -0.2) is 9.97 Å². The van der Waals surface area contributed by atoms with Crippen LogP contribution in [0.4, 0.5) is 0 Å². The van der Waals surface area contributed by atoms with Gasteiger partial charge in [-0.15, -0.1) is 0 Å². The van der Waals surface area contributed by atoms with Gasteiger partial charge in [0.1, 0.15) is 16.1 Å². The first-order chi connectivity index (χ1) is 8.33. The highest BCUT2D eigenvalue weighted by atomic mass is 32.1. The van der Waals surface area contributed by atoms with Crippen LogP contribution in [0.3, 0.4) is 0 Å². The topological polar surface area (TPSA) is 46.0 Å². The van der Waals surface area contributed by atoms with Crippen LogP contribution in [0.15, 0.2) is 42.6 Å². The highest BCUT2D eigenvalue weighted by Gasteiger charge is 2.07.